The number of hydrazone groups is 1. The Balaban J connectivity index is -0.000000733. The molecule has 0 fully saturated rings. The zero-order chi connectivity index (χ0) is 27.3. The molecule has 0 aliphatic carbocycles. The summed E-state index contributed by atoms with van der Waals surface area (Å²) in [5.74, 6) is 1.51. The third-order valence-electron chi connectivity index (χ3n) is 4.29. The van der Waals surface area contributed by atoms with Crippen molar-refractivity contribution in [1.29, 1.82) is 0 Å². The Bertz CT molecular complexity index is 810. The van der Waals surface area contributed by atoms with Gasteiger partial charge in [-0.3, -0.25) is 5.43 Å². The molecule has 0 aromatic heterocycles. The zero-order valence-electron chi connectivity index (χ0n) is 23.0. The van der Waals surface area contributed by atoms with E-state index in [0.717, 1.165) is 22.5 Å². The van der Waals surface area contributed by atoms with Gasteiger partial charge in [-0.25, -0.2) is 0 Å². The van der Waals surface area contributed by atoms with Gasteiger partial charge in [0.05, 0.1) is 18.6 Å². The van der Waals surface area contributed by atoms with Crippen molar-refractivity contribution in [3.05, 3.63) is 65.0 Å². The molecule has 0 atom stereocenters. The summed E-state index contributed by atoms with van der Waals surface area (Å²) in [4.78, 5) is 0. The van der Waals surface area contributed by atoms with Crippen LogP contribution in [-0.4, -0.2) is 29.8 Å². The topological polar surface area (TPSA) is 74.1 Å². The SMILES string of the molecule is C/C=C(/C)OC.C=CC(=C\C)/C(CS)=C(/NN=C)c1cc(C(C)C)c(O)cc1O.CC.CCC. The second-order valence-electron chi connectivity index (χ2n) is 7.12. The summed E-state index contributed by atoms with van der Waals surface area (Å²) in [6.45, 7) is 25.2. The highest BCUT2D eigenvalue weighted by molar-refractivity contribution is 7.80. The zero-order valence-corrected chi connectivity index (χ0v) is 23.9. The number of hydrogen-bond donors (Lipinski definition) is 4. The van der Waals surface area contributed by atoms with Gasteiger partial charge in [0.25, 0.3) is 0 Å². The van der Waals surface area contributed by atoms with Gasteiger partial charge in [-0.2, -0.15) is 17.7 Å². The van der Waals surface area contributed by atoms with Gasteiger partial charge in [0.2, 0.25) is 0 Å². The molecule has 194 valence electrons. The Morgan fingerprint density at radius 2 is 1.68 bits per heavy atom. The van der Waals surface area contributed by atoms with E-state index in [1.165, 1.54) is 12.5 Å². The highest BCUT2D eigenvalue weighted by Gasteiger charge is 2.18. The number of thiol groups is 1. The summed E-state index contributed by atoms with van der Waals surface area (Å²) in [6.07, 6.45) is 6.79. The normalized spacial score (nSPS) is 11.4. The number of methoxy groups -OCH3 is 1. The first-order valence-electron chi connectivity index (χ1n) is 11.7. The van der Waals surface area contributed by atoms with Gasteiger partial charge in [-0.15, -0.1) is 0 Å². The molecular formula is C28H48N2O3S. The molecular weight excluding hydrogens is 444 g/mol. The third kappa shape index (κ3) is 13.2. The molecule has 0 saturated heterocycles. The van der Waals surface area contributed by atoms with Crippen molar-refractivity contribution in [1.82, 2.24) is 5.43 Å². The van der Waals surface area contributed by atoms with E-state index in [9.17, 15) is 10.2 Å². The summed E-state index contributed by atoms with van der Waals surface area (Å²) in [5, 5.41) is 24.1. The summed E-state index contributed by atoms with van der Waals surface area (Å²) < 4.78 is 4.76. The van der Waals surface area contributed by atoms with Crippen LogP contribution in [0.1, 0.15) is 85.8 Å². The number of phenols is 2. The van der Waals surface area contributed by atoms with Gasteiger partial charge in [0, 0.05) is 24.1 Å². The van der Waals surface area contributed by atoms with E-state index in [-0.39, 0.29) is 17.4 Å². The molecule has 1 aromatic carbocycles. The molecule has 0 aliphatic rings. The van der Waals surface area contributed by atoms with Gasteiger partial charge < -0.3 is 14.9 Å². The fourth-order valence-electron chi connectivity index (χ4n) is 2.47. The number of nitrogens with zero attached hydrogens (tertiary/aromatic N) is 1. The fraction of sp³-hybridized carbons (Fsp3) is 0.464. The Kier molecular flexibility index (Phi) is 23.5. The number of allylic oxidation sites excluding steroid dienone is 5. The Morgan fingerprint density at radius 3 is 1.97 bits per heavy atom. The van der Waals surface area contributed by atoms with Gasteiger partial charge in [0.1, 0.15) is 11.5 Å². The quantitative estimate of drug-likeness (QED) is 0.0970. The average molecular weight is 493 g/mol. The van der Waals surface area contributed by atoms with Crippen LogP contribution in [0.2, 0.25) is 0 Å². The van der Waals surface area contributed by atoms with Crippen molar-refractivity contribution >= 4 is 25.0 Å². The first-order valence-corrected chi connectivity index (χ1v) is 12.3. The largest absolute Gasteiger partial charge is 0.508 e. The molecule has 0 amide bonds. The number of phenolic OH excluding ortho intramolecular Hbond substituents is 2. The monoisotopic (exact) mass is 492 g/mol. The lowest BCUT2D eigenvalue weighted by atomic mass is 9.94. The van der Waals surface area contributed by atoms with Crippen LogP contribution in [0.5, 0.6) is 11.5 Å². The van der Waals surface area contributed by atoms with Crippen LogP contribution in [-0.2, 0) is 4.74 Å². The first kappa shape index (κ1) is 36.0. The second kappa shape index (κ2) is 22.2. The molecule has 0 spiro atoms. The van der Waals surface area contributed by atoms with Crippen LogP contribution in [0, 0.1) is 0 Å². The summed E-state index contributed by atoms with van der Waals surface area (Å²) in [5.41, 5.74) is 6.40. The van der Waals surface area contributed by atoms with Gasteiger partial charge >= 0.3 is 0 Å². The molecule has 3 N–H and O–H groups in total. The molecule has 1 aromatic rings. The van der Waals surface area contributed by atoms with Gasteiger partial charge in [-0.1, -0.05) is 72.8 Å². The van der Waals surface area contributed by atoms with Crippen molar-refractivity contribution in [2.75, 3.05) is 12.9 Å². The maximum atomic E-state index is 10.3. The lowest BCUT2D eigenvalue weighted by molar-refractivity contribution is 0.293. The Morgan fingerprint density at radius 1 is 1.15 bits per heavy atom. The minimum atomic E-state index is -0.0446. The average Bonchev–Trinajstić information content (AvgIpc) is 2.83. The van der Waals surface area contributed by atoms with Gasteiger partial charge in [-0.05, 0) is 49.5 Å². The lowest BCUT2D eigenvalue weighted by Crippen LogP contribution is -2.10. The van der Waals surface area contributed by atoms with Crippen LogP contribution in [0.15, 0.2) is 58.9 Å². The molecule has 0 unspecified atom stereocenters. The predicted octanol–water partition coefficient (Wildman–Crippen LogP) is 8.20. The summed E-state index contributed by atoms with van der Waals surface area (Å²) in [7, 11) is 1.66. The highest BCUT2D eigenvalue weighted by atomic mass is 32.1. The van der Waals surface area contributed by atoms with Crippen LogP contribution in [0.3, 0.4) is 0 Å². The Labute approximate surface area is 214 Å². The molecule has 6 heteroatoms. The van der Waals surface area contributed by atoms with E-state index in [2.05, 4.69) is 50.3 Å². The standard InChI is InChI=1S/C18H24N2O2S.C5H10O.C3H8.C2H6/c1-6-12(7-2)15(10-23)18(20-19-5)14-8-13(11(3)4)16(21)9-17(14)22;1-4-5(2)6-3;1-3-2;1-2/h6-9,11,20-23H,1,5,10H2,2-4H3;4H,1-3H3;3H2,1-2H3;1-2H3/b12-7+,18-15+;5-4-;;. The van der Waals surface area contributed by atoms with Crippen molar-refractivity contribution in [3.8, 4) is 11.5 Å². The van der Waals surface area contributed by atoms with Crippen molar-refractivity contribution < 1.29 is 14.9 Å². The van der Waals surface area contributed by atoms with Crippen molar-refractivity contribution in [3.63, 3.8) is 0 Å². The number of hydrogen-bond acceptors (Lipinski definition) is 6. The first-order chi connectivity index (χ1) is 16.1. The molecule has 34 heavy (non-hydrogen) atoms. The maximum Gasteiger partial charge on any atom is 0.128 e. The number of ether oxygens (including phenoxy) is 1. The van der Waals surface area contributed by atoms with Crippen LogP contribution in [0.4, 0.5) is 0 Å². The fourth-order valence-corrected chi connectivity index (χ4v) is 2.81. The Hall–Kier alpha value is -2.60. The van der Waals surface area contributed by atoms with E-state index in [0.29, 0.717) is 17.0 Å². The number of nitrogens with one attached hydrogen (secondary N) is 1. The molecule has 0 radical (unpaired) electrons. The van der Waals surface area contributed by atoms with E-state index in [1.54, 1.807) is 19.3 Å². The smallest absolute Gasteiger partial charge is 0.128 e. The molecule has 5 nitrogen and oxygen atoms in total. The van der Waals surface area contributed by atoms with Gasteiger partial charge in [0.15, 0.2) is 0 Å². The predicted molar refractivity (Wildman–Crippen MR) is 155 cm³/mol. The maximum absolute atomic E-state index is 10.3. The lowest BCUT2D eigenvalue weighted by Gasteiger charge is -2.18. The van der Waals surface area contributed by atoms with Crippen LogP contribution >= 0.6 is 12.6 Å². The van der Waals surface area contributed by atoms with E-state index < -0.39 is 0 Å². The molecule has 0 bridgehead atoms. The summed E-state index contributed by atoms with van der Waals surface area (Å²) in [6, 6.07) is 3.09. The number of rotatable bonds is 8. The van der Waals surface area contributed by atoms with Crippen molar-refractivity contribution in [2.45, 2.75) is 74.7 Å². The second-order valence-corrected chi connectivity index (χ2v) is 7.44. The number of aromatic hydroxyl groups is 2. The highest BCUT2D eigenvalue weighted by Crippen LogP contribution is 2.37. The molecule has 1 rings (SSSR count). The molecule has 0 saturated carbocycles. The van der Waals surface area contributed by atoms with Crippen LogP contribution in [0.25, 0.3) is 5.70 Å². The number of benzene rings is 1. The van der Waals surface area contributed by atoms with E-state index in [1.807, 2.05) is 60.6 Å². The third-order valence-corrected chi connectivity index (χ3v) is 4.61. The van der Waals surface area contributed by atoms with Crippen molar-refractivity contribution in [2.24, 2.45) is 5.10 Å². The van der Waals surface area contributed by atoms with Crippen LogP contribution < -0.4 is 5.43 Å². The van der Waals surface area contributed by atoms with E-state index >= 15 is 0 Å². The van der Waals surface area contributed by atoms with E-state index in [4.69, 9.17) is 4.74 Å². The molecule has 0 heterocycles. The molecule has 0 aliphatic heterocycles. The minimum Gasteiger partial charge on any atom is -0.508 e. The summed E-state index contributed by atoms with van der Waals surface area (Å²) >= 11 is 4.39. The minimum absolute atomic E-state index is 0.0446.